The highest BCUT2D eigenvalue weighted by atomic mass is 35.5. The minimum Gasteiger partial charge on any atom is -0.512 e. The minimum atomic E-state index is -0.726. The third-order valence-corrected chi connectivity index (χ3v) is 3.69. The van der Waals surface area contributed by atoms with Gasteiger partial charge in [-0.05, 0) is 39.3 Å². The largest absolute Gasteiger partial charge is 0.512 e. The fourth-order valence-electron chi connectivity index (χ4n) is 1.80. The summed E-state index contributed by atoms with van der Waals surface area (Å²) in [4.78, 5) is 28.2. The Morgan fingerprint density at radius 1 is 1.31 bits per heavy atom. The van der Waals surface area contributed by atoms with Crippen LogP contribution in [-0.4, -0.2) is 36.0 Å². The molecule has 0 heterocycles. The number of rotatable bonds is 7. The number of halogens is 2. The van der Waals surface area contributed by atoms with Crippen LogP contribution in [0.15, 0.2) is 28.5 Å². The molecule has 26 heavy (non-hydrogen) atoms. The highest BCUT2D eigenvalue weighted by Gasteiger charge is 2.20. The van der Waals surface area contributed by atoms with E-state index >= 15 is 0 Å². The van der Waals surface area contributed by atoms with E-state index in [1.807, 2.05) is 6.92 Å². The number of nitrogens with zero attached hydrogens (tertiary/aromatic N) is 1. The van der Waals surface area contributed by atoms with E-state index in [1.165, 1.54) is 19.1 Å². The second-order valence-electron chi connectivity index (χ2n) is 5.60. The number of hydrogen-bond acceptors (Lipinski definition) is 6. The van der Waals surface area contributed by atoms with Crippen molar-refractivity contribution < 1.29 is 24.2 Å². The number of carbonyl (C=O) groups excluding carboxylic acids is 2. The summed E-state index contributed by atoms with van der Waals surface area (Å²) in [5, 5.41) is 9.80. The smallest absolute Gasteiger partial charge is 0.343 e. The van der Waals surface area contributed by atoms with Gasteiger partial charge in [0, 0.05) is 6.21 Å². The third-order valence-electron chi connectivity index (χ3n) is 3.00. The van der Waals surface area contributed by atoms with Crippen molar-refractivity contribution in [3.63, 3.8) is 0 Å². The fourth-order valence-corrected chi connectivity index (χ4v) is 2.37. The maximum atomic E-state index is 12.1. The lowest BCUT2D eigenvalue weighted by Crippen LogP contribution is -2.15. The Morgan fingerprint density at radius 3 is 2.50 bits per heavy atom. The molecule has 0 aliphatic heterocycles. The summed E-state index contributed by atoms with van der Waals surface area (Å²) in [5.41, 5.74) is 0.0582. The van der Waals surface area contributed by atoms with E-state index in [0.717, 1.165) is 6.21 Å². The van der Waals surface area contributed by atoms with Gasteiger partial charge in [-0.15, -0.1) is 0 Å². The number of hydrogen-bond donors (Lipinski definition) is 1. The quantitative estimate of drug-likeness (QED) is 0.299. The SMILES string of the molecule is CCCOC(=O)c1c(Cl)ccc(N=CC(C(=O)OC(C)C)=C(C)O)c1Cl. The van der Waals surface area contributed by atoms with Crippen LogP contribution in [0.2, 0.25) is 10.0 Å². The first-order valence-corrected chi connectivity index (χ1v) is 8.74. The zero-order valence-electron chi connectivity index (χ0n) is 15.0. The number of ether oxygens (including phenoxy) is 2. The van der Waals surface area contributed by atoms with Crippen molar-refractivity contribution in [2.45, 2.75) is 40.2 Å². The molecule has 0 saturated heterocycles. The Bertz CT molecular complexity index is 737. The second kappa shape index (κ2) is 10.2. The van der Waals surface area contributed by atoms with Gasteiger partial charge in [-0.3, -0.25) is 4.99 Å². The number of aliphatic imine (C=N–C) groups is 1. The number of esters is 2. The lowest BCUT2D eigenvalue weighted by molar-refractivity contribution is -0.142. The van der Waals surface area contributed by atoms with Crippen LogP contribution in [0.4, 0.5) is 5.69 Å². The van der Waals surface area contributed by atoms with E-state index < -0.39 is 11.9 Å². The first kappa shape index (κ1) is 22.0. The Kier molecular flexibility index (Phi) is 8.61. The number of benzene rings is 1. The maximum Gasteiger partial charge on any atom is 0.343 e. The van der Waals surface area contributed by atoms with Crippen LogP contribution < -0.4 is 0 Å². The van der Waals surface area contributed by atoms with Crippen molar-refractivity contribution in [1.82, 2.24) is 0 Å². The van der Waals surface area contributed by atoms with Gasteiger partial charge in [0.2, 0.25) is 0 Å². The molecular weight excluding hydrogens is 381 g/mol. The van der Waals surface area contributed by atoms with Crippen LogP contribution in [0.1, 0.15) is 44.5 Å². The first-order chi connectivity index (χ1) is 12.2. The summed E-state index contributed by atoms with van der Waals surface area (Å²) in [6.45, 7) is 6.79. The molecule has 0 radical (unpaired) electrons. The molecule has 0 aromatic heterocycles. The van der Waals surface area contributed by atoms with Crippen LogP contribution in [0.5, 0.6) is 0 Å². The van der Waals surface area contributed by atoms with E-state index in [2.05, 4.69) is 4.99 Å². The van der Waals surface area contributed by atoms with Crippen LogP contribution in [0.25, 0.3) is 0 Å². The lowest BCUT2D eigenvalue weighted by Gasteiger charge is -2.10. The molecule has 1 aromatic carbocycles. The van der Waals surface area contributed by atoms with Gasteiger partial charge >= 0.3 is 11.9 Å². The van der Waals surface area contributed by atoms with Crippen molar-refractivity contribution in [3.8, 4) is 0 Å². The van der Waals surface area contributed by atoms with Crippen molar-refractivity contribution >= 4 is 47.0 Å². The zero-order valence-corrected chi connectivity index (χ0v) is 16.5. The first-order valence-electron chi connectivity index (χ1n) is 7.99. The van der Waals surface area contributed by atoms with Crippen LogP contribution >= 0.6 is 23.2 Å². The molecule has 1 N–H and O–H groups in total. The third kappa shape index (κ3) is 6.04. The molecule has 0 aliphatic rings. The molecule has 0 unspecified atom stereocenters. The summed E-state index contributed by atoms with van der Waals surface area (Å²) in [6, 6.07) is 2.93. The van der Waals surface area contributed by atoms with E-state index in [4.69, 9.17) is 32.7 Å². The van der Waals surface area contributed by atoms with Crippen molar-refractivity contribution in [1.29, 1.82) is 0 Å². The molecule has 1 rings (SSSR count). The van der Waals surface area contributed by atoms with Gasteiger partial charge in [-0.2, -0.15) is 0 Å². The lowest BCUT2D eigenvalue weighted by atomic mass is 10.2. The molecule has 142 valence electrons. The molecule has 6 nitrogen and oxygen atoms in total. The van der Waals surface area contributed by atoms with Gasteiger partial charge in [0.1, 0.15) is 11.3 Å². The maximum absolute atomic E-state index is 12.1. The number of aliphatic hydroxyl groups excluding tert-OH is 1. The number of aliphatic hydroxyl groups is 1. The Labute approximate surface area is 162 Å². The highest BCUT2D eigenvalue weighted by Crippen LogP contribution is 2.34. The van der Waals surface area contributed by atoms with Crippen LogP contribution in [0, 0.1) is 0 Å². The minimum absolute atomic E-state index is 0.00700. The van der Waals surface area contributed by atoms with Gasteiger partial charge in [0.25, 0.3) is 0 Å². The van der Waals surface area contributed by atoms with Gasteiger partial charge in [0.15, 0.2) is 0 Å². The average Bonchev–Trinajstić information content (AvgIpc) is 2.54. The summed E-state index contributed by atoms with van der Waals surface area (Å²) in [6.07, 6.45) is 1.42. The molecule has 0 aliphatic carbocycles. The zero-order chi connectivity index (χ0) is 19.9. The molecule has 0 spiro atoms. The Morgan fingerprint density at radius 2 is 1.96 bits per heavy atom. The predicted molar refractivity (Wildman–Crippen MR) is 102 cm³/mol. The number of carbonyl (C=O) groups is 2. The summed E-state index contributed by atoms with van der Waals surface area (Å²) >= 11 is 12.3. The van der Waals surface area contributed by atoms with Crippen LogP contribution in [0.3, 0.4) is 0 Å². The van der Waals surface area contributed by atoms with Gasteiger partial charge < -0.3 is 14.6 Å². The fraction of sp³-hybridized carbons (Fsp3) is 0.389. The van der Waals surface area contributed by atoms with Crippen molar-refractivity contribution in [2.75, 3.05) is 6.61 Å². The van der Waals surface area contributed by atoms with E-state index in [1.54, 1.807) is 13.8 Å². The van der Waals surface area contributed by atoms with Gasteiger partial charge in [-0.1, -0.05) is 30.1 Å². The molecule has 0 amide bonds. The predicted octanol–water partition coefficient (Wildman–Crippen LogP) is 5.05. The van der Waals surface area contributed by atoms with E-state index in [0.29, 0.717) is 6.42 Å². The molecule has 0 atom stereocenters. The average molecular weight is 402 g/mol. The summed E-state index contributed by atoms with van der Waals surface area (Å²) < 4.78 is 10.1. The standard InChI is InChI=1S/C18H21Cl2NO5/c1-5-8-25-18(24)15-13(19)6-7-14(16(15)20)21-9-12(11(4)22)17(23)26-10(2)3/h6-7,9-10,22H,5,8H2,1-4H3. The molecule has 0 bridgehead atoms. The molecule has 0 saturated carbocycles. The van der Waals surface area contributed by atoms with E-state index in [-0.39, 0.29) is 45.3 Å². The monoisotopic (exact) mass is 401 g/mol. The normalized spacial score (nSPS) is 12.3. The topological polar surface area (TPSA) is 85.2 Å². The Balaban J connectivity index is 3.20. The van der Waals surface area contributed by atoms with Crippen molar-refractivity contribution in [3.05, 3.63) is 39.1 Å². The summed E-state index contributed by atoms with van der Waals surface area (Å²) in [7, 11) is 0. The number of allylic oxidation sites excluding steroid dienone is 1. The van der Waals surface area contributed by atoms with Crippen LogP contribution in [-0.2, 0) is 14.3 Å². The van der Waals surface area contributed by atoms with Gasteiger partial charge in [0.05, 0.1) is 34.0 Å². The second-order valence-corrected chi connectivity index (χ2v) is 6.39. The molecule has 1 aromatic rings. The van der Waals surface area contributed by atoms with E-state index in [9.17, 15) is 14.7 Å². The molecular formula is C18H21Cl2NO5. The highest BCUT2D eigenvalue weighted by molar-refractivity contribution is 6.41. The molecule has 8 heteroatoms. The summed E-state index contributed by atoms with van der Waals surface area (Å²) in [5.74, 6) is -1.64. The molecule has 0 fully saturated rings. The Hall–Kier alpha value is -2.05. The van der Waals surface area contributed by atoms with Crippen molar-refractivity contribution in [2.24, 2.45) is 4.99 Å². The van der Waals surface area contributed by atoms with Gasteiger partial charge in [-0.25, -0.2) is 9.59 Å².